The van der Waals surface area contributed by atoms with Gasteiger partial charge in [0.25, 0.3) is 0 Å². The van der Waals surface area contributed by atoms with E-state index in [1.165, 1.54) is 12.1 Å². The van der Waals surface area contributed by atoms with Gasteiger partial charge in [0.1, 0.15) is 5.56 Å². The molecule has 0 amide bonds. The van der Waals surface area contributed by atoms with Crippen molar-refractivity contribution in [2.24, 2.45) is 0 Å². The number of carboxylic acids is 1. The summed E-state index contributed by atoms with van der Waals surface area (Å²) < 4.78 is 79.7. The molecule has 1 saturated heterocycles. The zero-order valence-corrected chi connectivity index (χ0v) is 22.5. The van der Waals surface area contributed by atoms with Crippen molar-refractivity contribution < 1.29 is 36.2 Å². The lowest BCUT2D eigenvalue weighted by Gasteiger charge is -2.18. The van der Waals surface area contributed by atoms with Crippen molar-refractivity contribution in [1.82, 2.24) is 19.7 Å². The molecule has 2 aromatic heterocycles. The number of benzene rings is 2. The van der Waals surface area contributed by atoms with E-state index in [9.17, 15) is 36.2 Å². The summed E-state index contributed by atoms with van der Waals surface area (Å²) in [6.07, 6.45) is -8.75. The van der Waals surface area contributed by atoms with E-state index < -0.39 is 36.0 Å². The fraction of sp³-hybridized carbons (Fsp3) is 0.276. The molecule has 1 atom stereocenters. The Kier molecular flexibility index (Phi) is 8.04. The molecule has 42 heavy (non-hydrogen) atoms. The summed E-state index contributed by atoms with van der Waals surface area (Å²) in [5, 5.41) is 13.3. The minimum atomic E-state index is -4.99. The first-order chi connectivity index (χ1) is 19.8. The Labute approximate surface area is 241 Å². The van der Waals surface area contributed by atoms with Crippen molar-refractivity contribution in [1.29, 1.82) is 0 Å². The van der Waals surface area contributed by atoms with E-state index in [-0.39, 0.29) is 18.3 Å². The second-order valence-corrected chi connectivity index (χ2v) is 10.3. The average molecular weight is 609 g/mol. The summed E-state index contributed by atoms with van der Waals surface area (Å²) in [5.74, 6) is -1.99. The van der Waals surface area contributed by atoms with E-state index in [4.69, 9.17) is 11.6 Å². The third kappa shape index (κ3) is 6.29. The van der Waals surface area contributed by atoms with Crippen molar-refractivity contribution in [3.8, 4) is 28.2 Å². The molecule has 0 saturated carbocycles. The Morgan fingerprint density at radius 1 is 1.00 bits per heavy atom. The number of carbonyl (C=O) groups is 1. The smallest absolute Gasteiger partial charge is 0.434 e. The number of rotatable bonds is 7. The number of hydrogen-bond donors (Lipinski definition) is 1. The van der Waals surface area contributed by atoms with Crippen LogP contribution in [0, 0.1) is 0 Å². The van der Waals surface area contributed by atoms with Crippen LogP contribution < -0.4 is 0 Å². The maximum absolute atomic E-state index is 13.8. The van der Waals surface area contributed by atoms with Crippen LogP contribution >= 0.6 is 11.6 Å². The van der Waals surface area contributed by atoms with Crippen LogP contribution in [-0.2, 0) is 6.18 Å². The van der Waals surface area contributed by atoms with Crippen LogP contribution in [-0.4, -0.2) is 56.6 Å². The molecule has 0 radical (unpaired) electrons. The molecule has 13 heteroatoms. The van der Waals surface area contributed by atoms with Crippen molar-refractivity contribution in [2.75, 3.05) is 19.6 Å². The van der Waals surface area contributed by atoms with Gasteiger partial charge in [0, 0.05) is 23.7 Å². The molecule has 5 rings (SSSR count). The number of nitrogens with zero attached hydrogens (tertiary/aromatic N) is 4. The predicted molar refractivity (Wildman–Crippen MR) is 144 cm³/mol. The number of likely N-dealkylation sites (tertiary alicyclic amines) is 1. The molecular weight excluding hydrogens is 586 g/mol. The molecule has 3 heterocycles. The lowest BCUT2D eigenvalue weighted by atomic mass is 9.93. The van der Waals surface area contributed by atoms with E-state index in [1.807, 2.05) is 12.1 Å². The Morgan fingerprint density at radius 3 is 2.40 bits per heavy atom. The maximum Gasteiger partial charge on any atom is 0.434 e. The number of aromatic carboxylic acids is 1. The minimum Gasteiger partial charge on any atom is -0.478 e. The summed E-state index contributed by atoms with van der Waals surface area (Å²) in [7, 11) is 0. The molecule has 0 bridgehead atoms. The molecular formula is C29H23ClF6N4O2. The number of aromatic nitrogens is 3. The van der Waals surface area contributed by atoms with Gasteiger partial charge in [-0.25, -0.2) is 14.5 Å². The van der Waals surface area contributed by atoms with Gasteiger partial charge in [-0.1, -0.05) is 54.1 Å². The predicted octanol–water partition coefficient (Wildman–Crippen LogP) is 7.71. The standard InChI is InChI=1S/C29H23ClF6N4O2/c30-23-14-17(8-9-20(23)18-10-12-39(16-18)13-11-28(31,32)33)19-4-1-2-5-21(19)24-6-3-7-25(38-24)40-26(29(34,35)36)22(15-37-40)27(41)42/h1-9,14-15,18H,10-13,16H2,(H,41,42). The van der Waals surface area contributed by atoms with Gasteiger partial charge in [0.15, 0.2) is 11.5 Å². The van der Waals surface area contributed by atoms with Crippen LogP contribution in [0.3, 0.4) is 0 Å². The second kappa shape index (κ2) is 11.4. The monoisotopic (exact) mass is 608 g/mol. The SMILES string of the molecule is O=C(O)c1cnn(-c2cccc(-c3ccccc3-c3ccc(C4CCN(CCC(F)(F)F)C4)c(Cl)c3)n2)c1C(F)(F)F. The zero-order valence-electron chi connectivity index (χ0n) is 21.8. The van der Waals surface area contributed by atoms with E-state index in [2.05, 4.69) is 10.1 Å². The fourth-order valence-electron chi connectivity index (χ4n) is 5.20. The first kappa shape index (κ1) is 29.6. The number of halogens is 7. The first-order valence-electron chi connectivity index (χ1n) is 12.9. The van der Waals surface area contributed by atoms with Crippen molar-refractivity contribution >= 4 is 17.6 Å². The molecule has 1 aliphatic rings. The lowest BCUT2D eigenvalue weighted by Crippen LogP contribution is -2.26. The van der Waals surface area contributed by atoms with Crippen LogP contribution in [0.25, 0.3) is 28.2 Å². The first-order valence-corrected chi connectivity index (χ1v) is 13.2. The van der Waals surface area contributed by atoms with Crippen LogP contribution in [0.2, 0.25) is 5.02 Å². The van der Waals surface area contributed by atoms with Gasteiger partial charge >= 0.3 is 18.3 Å². The summed E-state index contributed by atoms with van der Waals surface area (Å²) >= 11 is 6.67. The topological polar surface area (TPSA) is 71.2 Å². The minimum absolute atomic E-state index is 0.0130. The molecule has 4 aromatic rings. The summed E-state index contributed by atoms with van der Waals surface area (Å²) in [4.78, 5) is 17.6. The lowest BCUT2D eigenvalue weighted by molar-refractivity contribution is -0.143. The van der Waals surface area contributed by atoms with Crippen LogP contribution in [0.4, 0.5) is 26.3 Å². The number of pyridine rings is 1. The summed E-state index contributed by atoms with van der Waals surface area (Å²) in [5.41, 5.74) is 0.703. The molecule has 1 fully saturated rings. The Balaban J connectivity index is 1.45. The highest BCUT2D eigenvalue weighted by molar-refractivity contribution is 6.31. The Bertz CT molecular complexity index is 1620. The molecule has 220 valence electrons. The van der Waals surface area contributed by atoms with Gasteiger partial charge in [-0.15, -0.1) is 0 Å². The quantitative estimate of drug-likeness (QED) is 0.218. The van der Waals surface area contributed by atoms with Crippen molar-refractivity contribution in [2.45, 2.75) is 31.1 Å². The number of carboxylic acid groups (broad SMARTS) is 1. The van der Waals surface area contributed by atoms with Crippen LogP contribution in [0.1, 0.15) is 40.4 Å². The molecule has 1 aliphatic heterocycles. The van der Waals surface area contributed by atoms with Gasteiger partial charge in [-0.2, -0.15) is 31.4 Å². The normalized spacial score (nSPS) is 16.2. The van der Waals surface area contributed by atoms with E-state index >= 15 is 0 Å². The molecule has 2 aromatic carbocycles. The largest absolute Gasteiger partial charge is 0.478 e. The fourth-order valence-corrected chi connectivity index (χ4v) is 5.54. The van der Waals surface area contributed by atoms with Gasteiger partial charge < -0.3 is 10.0 Å². The van der Waals surface area contributed by atoms with Crippen molar-refractivity contribution in [3.05, 3.63) is 88.7 Å². The van der Waals surface area contributed by atoms with Gasteiger partial charge in [-0.05, 0) is 53.8 Å². The molecule has 0 aliphatic carbocycles. The molecule has 1 N–H and O–H groups in total. The van der Waals surface area contributed by atoms with Crippen LogP contribution in [0.5, 0.6) is 0 Å². The highest BCUT2D eigenvalue weighted by Gasteiger charge is 2.41. The number of hydrogen-bond acceptors (Lipinski definition) is 4. The van der Waals surface area contributed by atoms with Crippen molar-refractivity contribution in [3.63, 3.8) is 0 Å². The van der Waals surface area contributed by atoms with E-state index in [0.717, 1.165) is 5.56 Å². The molecule has 6 nitrogen and oxygen atoms in total. The molecule has 1 unspecified atom stereocenters. The van der Waals surface area contributed by atoms with Gasteiger partial charge in [0.05, 0.1) is 18.3 Å². The third-order valence-corrected chi connectivity index (χ3v) is 7.49. The van der Waals surface area contributed by atoms with Gasteiger partial charge in [0.2, 0.25) is 0 Å². The van der Waals surface area contributed by atoms with Gasteiger partial charge in [-0.3, -0.25) is 0 Å². The molecule has 0 spiro atoms. The highest BCUT2D eigenvalue weighted by atomic mass is 35.5. The summed E-state index contributed by atoms with van der Waals surface area (Å²) in [6, 6.07) is 16.9. The zero-order chi connectivity index (χ0) is 30.2. The van der Waals surface area contributed by atoms with E-state index in [0.29, 0.717) is 57.8 Å². The second-order valence-electron chi connectivity index (χ2n) is 9.94. The van der Waals surface area contributed by atoms with E-state index in [1.54, 1.807) is 41.3 Å². The average Bonchev–Trinajstić information content (AvgIpc) is 3.60. The van der Waals surface area contributed by atoms with Crippen LogP contribution in [0.15, 0.2) is 66.9 Å². The maximum atomic E-state index is 13.8. The Hall–Kier alpha value is -3.90. The Morgan fingerprint density at radius 2 is 1.74 bits per heavy atom. The summed E-state index contributed by atoms with van der Waals surface area (Å²) in [6.45, 7) is 0.957. The number of alkyl halides is 6. The third-order valence-electron chi connectivity index (χ3n) is 7.16. The highest BCUT2D eigenvalue weighted by Crippen LogP contribution is 2.38.